The molecule has 0 fully saturated rings. The van der Waals surface area contributed by atoms with Crippen molar-refractivity contribution in [3.8, 4) is 0 Å². The number of benzene rings is 1. The highest BCUT2D eigenvalue weighted by Crippen LogP contribution is 2.21. The molecule has 0 saturated heterocycles. The lowest BCUT2D eigenvalue weighted by Gasteiger charge is -2.18. The third kappa shape index (κ3) is 2.52. The molecule has 2 atom stereocenters. The summed E-state index contributed by atoms with van der Waals surface area (Å²) in [6, 6.07) is 13.8. The first kappa shape index (κ1) is 11.0. The van der Waals surface area contributed by atoms with Crippen LogP contribution >= 0.6 is 0 Å². The van der Waals surface area contributed by atoms with E-state index in [4.69, 9.17) is 4.42 Å². The SMILES string of the molecule is CC(c1ccccc1)C(O)Cc1ccco1. The van der Waals surface area contributed by atoms with Crippen molar-refractivity contribution < 1.29 is 9.52 Å². The van der Waals surface area contributed by atoms with Crippen molar-refractivity contribution in [2.75, 3.05) is 0 Å². The molecule has 2 rings (SSSR count). The van der Waals surface area contributed by atoms with Crippen LogP contribution in [0.25, 0.3) is 0 Å². The zero-order valence-electron chi connectivity index (χ0n) is 9.34. The summed E-state index contributed by atoms with van der Waals surface area (Å²) in [5, 5.41) is 10.1. The fourth-order valence-electron chi connectivity index (χ4n) is 1.79. The summed E-state index contributed by atoms with van der Waals surface area (Å²) in [7, 11) is 0. The number of aliphatic hydroxyl groups excluding tert-OH is 1. The number of rotatable bonds is 4. The second kappa shape index (κ2) is 4.99. The minimum Gasteiger partial charge on any atom is -0.469 e. The summed E-state index contributed by atoms with van der Waals surface area (Å²) in [6.07, 6.45) is 1.78. The van der Waals surface area contributed by atoms with Crippen LogP contribution in [0.3, 0.4) is 0 Å². The van der Waals surface area contributed by atoms with E-state index in [1.54, 1.807) is 6.26 Å². The zero-order valence-corrected chi connectivity index (χ0v) is 9.34. The molecule has 0 radical (unpaired) electrons. The van der Waals surface area contributed by atoms with Gasteiger partial charge in [-0.1, -0.05) is 37.3 Å². The number of hydrogen-bond acceptors (Lipinski definition) is 2. The van der Waals surface area contributed by atoms with Gasteiger partial charge >= 0.3 is 0 Å². The molecule has 0 saturated carbocycles. The number of hydrogen-bond donors (Lipinski definition) is 1. The highest BCUT2D eigenvalue weighted by molar-refractivity contribution is 5.20. The first-order chi connectivity index (χ1) is 7.77. The number of furan rings is 1. The predicted molar refractivity (Wildman–Crippen MR) is 63.3 cm³/mol. The van der Waals surface area contributed by atoms with E-state index in [0.29, 0.717) is 6.42 Å². The van der Waals surface area contributed by atoms with Crippen molar-refractivity contribution in [1.82, 2.24) is 0 Å². The van der Waals surface area contributed by atoms with Gasteiger partial charge in [0.2, 0.25) is 0 Å². The van der Waals surface area contributed by atoms with Gasteiger partial charge in [0.15, 0.2) is 0 Å². The van der Waals surface area contributed by atoms with Crippen LogP contribution in [-0.4, -0.2) is 11.2 Å². The maximum Gasteiger partial charge on any atom is 0.106 e. The average Bonchev–Trinajstić information content (AvgIpc) is 2.82. The fraction of sp³-hybridized carbons (Fsp3) is 0.286. The van der Waals surface area contributed by atoms with E-state index in [2.05, 4.69) is 0 Å². The van der Waals surface area contributed by atoms with Gasteiger partial charge in [-0.05, 0) is 17.7 Å². The van der Waals surface area contributed by atoms with E-state index < -0.39 is 6.10 Å². The molecule has 16 heavy (non-hydrogen) atoms. The lowest BCUT2D eigenvalue weighted by Crippen LogP contribution is -2.18. The molecule has 2 nitrogen and oxygen atoms in total. The summed E-state index contributed by atoms with van der Waals surface area (Å²) >= 11 is 0. The Morgan fingerprint density at radius 3 is 2.50 bits per heavy atom. The third-order valence-electron chi connectivity index (χ3n) is 2.89. The molecule has 1 aromatic carbocycles. The van der Waals surface area contributed by atoms with E-state index in [-0.39, 0.29) is 5.92 Å². The zero-order chi connectivity index (χ0) is 11.4. The van der Waals surface area contributed by atoms with E-state index in [0.717, 1.165) is 11.3 Å². The summed E-state index contributed by atoms with van der Waals surface area (Å²) < 4.78 is 5.23. The third-order valence-corrected chi connectivity index (χ3v) is 2.89. The topological polar surface area (TPSA) is 33.4 Å². The standard InChI is InChI=1S/C14H16O2/c1-11(12-6-3-2-4-7-12)14(15)10-13-8-5-9-16-13/h2-9,11,14-15H,10H2,1H3. The normalized spacial score (nSPS) is 14.6. The lowest BCUT2D eigenvalue weighted by molar-refractivity contribution is 0.143. The van der Waals surface area contributed by atoms with Crippen molar-refractivity contribution in [3.05, 3.63) is 60.1 Å². The maximum atomic E-state index is 10.1. The molecule has 0 spiro atoms. The van der Waals surface area contributed by atoms with Crippen LogP contribution in [0, 0.1) is 0 Å². The Morgan fingerprint density at radius 1 is 1.12 bits per heavy atom. The van der Waals surface area contributed by atoms with Gasteiger partial charge in [-0.25, -0.2) is 0 Å². The van der Waals surface area contributed by atoms with Gasteiger partial charge in [-0.2, -0.15) is 0 Å². The predicted octanol–water partition coefficient (Wildman–Crippen LogP) is 2.99. The molecule has 1 N–H and O–H groups in total. The summed E-state index contributed by atoms with van der Waals surface area (Å²) in [5.41, 5.74) is 1.15. The molecule has 0 aliphatic carbocycles. The summed E-state index contributed by atoms with van der Waals surface area (Å²) in [5.74, 6) is 0.946. The molecule has 2 unspecified atom stereocenters. The lowest BCUT2D eigenvalue weighted by atomic mass is 9.93. The molecular formula is C14H16O2. The van der Waals surface area contributed by atoms with Crippen LogP contribution in [0.15, 0.2) is 53.1 Å². The highest BCUT2D eigenvalue weighted by atomic mass is 16.3. The van der Waals surface area contributed by atoms with Crippen LogP contribution in [-0.2, 0) is 6.42 Å². The van der Waals surface area contributed by atoms with Crippen LogP contribution in [0.5, 0.6) is 0 Å². The van der Waals surface area contributed by atoms with Crippen LogP contribution < -0.4 is 0 Å². The van der Waals surface area contributed by atoms with E-state index in [1.807, 2.05) is 49.4 Å². The Balaban J connectivity index is 2.02. The van der Waals surface area contributed by atoms with E-state index in [9.17, 15) is 5.11 Å². The van der Waals surface area contributed by atoms with Crippen molar-refractivity contribution in [3.63, 3.8) is 0 Å². The van der Waals surface area contributed by atoms with E-state index in [1.165, 1.54) is 0 Å². The molecule has 0 bridgehead atoms. The Bertz CT molecular complexity index is 406. The Kier molecular flexibility index (Phi) is 3.42. The van der Waals surface area contributed by atoms with Crippen LogP contribution in [0.4, 0.5) is 0 Å². The minimum absolute atomic E-state index is 0.117. The highest BCUT2D eigenvalue weighted by Gasteiger charge is 2.17. The molecular weight excluding hydrogens is 200 g/mol. The Morgan fingerprint density at radius 2 is 1.88 bits per heavy atom. The molecule has 0 amide bonds. The first-order valence-corrected chi connectivity index (χ1v) is 5.53. The Labute approximate surface area is 95.5 Å². The molecule has 1 heterocycles. The molecule has 1 aromatic heterocycles. The first-order valence-electron chi connectivity index (χ1n) is 5.53. The van der Waals surface area contributed by atoms with Gasteiger partial charge in [0.25, 0.3) is 0 Å². The Hall–Kier alpha value is -1.54. The minimum atomic E-state index is -0.409. The largest absolute Gasteiger partial charge is 0.469 e. The van der Waals surface area contributed by atoms with Gasteiger partial charge in [0.05, 0.1) is 12.4 Å². The van der Waals surface area contributed by atoms with Crippen LogP contribution in [0.1, 0.15) is 24.2 Å². The summed E-state index contributed by atoms with van der Waals surface area (Å²) in [6.45, 7) is 2.03. The summed E-state index contributed by atoms with van der Waals surface area (Å²) in [4.78, 5) is 0. The molecule has 0 aliphatic rings. The van der Waals surface area contributed by atoms with Gasteiger partial charge in [0, 0.05) is 12.3 Å². The second-order valence-electron chi connectivity index (χ2n) is 4.05. The molecule has 2 heteroatoms. The maximum absolute atomic E-state index is 10.1. The average molecular weight is 216 g/mol. The monoisotopic (exact) mass is 216 g/mol. The van der Waals surface area contributed by atoms with Gasteiger partial charge in [-0.3, -0.25) is 0 Å². The fourth-order valence-corrected chi connectivity index (χ4v) is 1.79. The quantitative estimate of drug-likeness (QED) is 0.852. The second-order valence-corrected chi connectivity index (χ2v) is 4.05. The van der Waals surface area contributed by atoms with Crippen molar-refractivity contribution >= 4 is 0 Å². The van der Waals surface area contributed by atoms with Crippen LogP contribution in [0.2, 0.25) is 0 Å². The molecule has 2 aromatic rings. The molecule has 0 aliphatic heterocycles. The van der Waals surface area contributed by atoms with E-state index >= 15 is 0 Å². The van der Waals surface area contributed by atoms with Gasteiger partial charge in [-0.15, -0.1) is 0 Å². The smallest absolute Gasteiger partial charge is 0.106 e. The van der Waals surface area contributed by atoms with Crippen molar-refractivity contribution in [2.24, 2.45) is 0 Å². The van der Waals surface area contributed by atoms with Crippen molar-refractivity contribution in [2.45, 2.75) is 25.4 Å². The van der Waals surface area contributed by atoms with Gasteiger partial charge in [0.1, 0.15) is 5.76 Å². The number of aliphatic hydroxyl groups is 1. The van der Waals surface area contributed by atoms with Gasteiger partial charge < -0.3 is 9.52 Å². The molecule has 84 valence electrons. The van der Waals surface area contributed by atoms with Crippen molar-refractivity contribution in [1.29, 1.82) is 0 Å².